The molecule has 3 N–H and O–H groups in total. The summed E-state index contributed by atoms with van der Waals surface area (Å²) in [5.74, 6) is 0. The molecule has 0 atom stereocenters. The second-order valence-electron chi connectivity index (χ2n) is 5.88. The molecule has 0 fully saturated rings. The Morgan fingerprint density at radius 1 is 1.33 bits per heavy atom. The number of nitrogens with one attached hydrogen (secondary N) is 3. The zero-order chi connectivity index (χ0) is 15.3. The van der Waals surface area contributed by atoms with Crippen LogP contribution in [0.2, 0.25) is 0 Å². The second-order valence-corrected chi connectivity index (χ2v) is 5.88. The molecule has 1 heterocycles. The minimum Gasteiger partial charge on any atom is -0.444 e. The van der Waals surface area contributed by atoms with Crippen molar-refractivity contribution in [1.29, 1.82) is 0 Å². The van der Waals surface area contributed by atoms with Crippen molar-refractivity contribution in [2.75, 3.05) is 18.4 Å². The van der Waals surface area contributed by atoms with Crippen LogP contribution in [-0.2, 0) is 4.74 Å². The van der Waals surface area contributed by atoms with E-state index in [4.69, 9.17) is 4.74 Å². The van der Waals surface area contributed by atoms with Crippen LogP contribution in [0.25, 0.3) is 10.9 Å². The molecule has 0 aliphatic rings. The molecule has 0 aliphatic carbocycles. The number of rotatable bonds is 5. The van der Waals surface area contributed by atoms with Crippen molar-refractivity contribution in [2.45, 2.75) is 32.8 Å². The van der Waals surface area contributed by atoms with Crippen molar-refractivity contribution < 1.29 is 9.53 Å². The number of alkyl carbamates (subject to hydrolysis) is 1. The zero-order valence-electron chi connectivity index (χ0n) is 12.7. The Bertz CT molecular complexity index is 601. The molecule has 0 radical (unpaired) electrons. The number of ether oxygens (including phenoxy) is 1. The summed E-state index contributed by atoms with van der Waals surface area (Å²) in [6, 6.07) is 6.03. The van der Waals surface area contributed by atoms with Crippen LogP contribution in [0.15, 0.2) is 24.4 Å². The van der Waals surface area contributed by atoms with Crippen molar-refractivity contribution in [2.24, 2.45) is 0 Å². The van der Waals surface area contributed by atoms with Gasteiger partial charge in [0.1, 0.15) is 5.60 Å². The molecule has 6 heteroatoms. The maximum absolute atomic E-state index is 11.4. The predicted molar refractivity (Wildman–Crippen MR) is 83.4 cm³/mol. The first-order valence-electron chi connectivity index (χ1n) is 7.08. The first-order chi connectivity index (χ1) is 9.94. The molecular formula is C15H22N4O2. The highest BCUT2D eigenvalue weighted by molar-refractivity contribution is 5.81. The maximum Gasteiger partial charge on any atom is 0.407 e. The van der Waals surface area contributed by atoms with E-state index in [1.54, 1.807) is 6.20 Å². The number of fused-ring (bicyclic) bond motifs is 1. The largest absolute Gasteiger partial charge is 0.444 e. The van der Waals surface area contributed by atoms with Crippen LogP contribution in [0, 0.1) is 0 Å². The van der Waals surface area contributed by atoms with E-state index in [1.165, 1.54) is 0 Å². The second kappa shape index (κ2) is 6.47. The SMILES string of the molecule is CC(C)(C)OC(=O)NCCCNc1ccc2[nH]ncc2c1. The van der Waals surface area contributed by atoms with E-state index in [1.807, 2.05) is 39.0 Å². The molecule has 0 unspecified atom stereocenters. The monoisotopic (exact) mass is 290 g/mol. The van der Waals surface area contributed by atoms with Crippen LogP contribution in [0.5, 0.6) is 0 Å². The molecule has 0 spiro atoms. The number of anilines is 1. The molecule has 0 bridgehead atoms. The van der Waals surface area contributed by atoms with Gasteiger partial charge in [0.25, 0.3) is 0 Å². The third kappa shape index (κ3) is 4.98. The summed E-state index contributed by atoms with van der Waals surface area (Å²) < 4.78 is 5.16. The van der Waals surface area contributed by atoms with Gasteiger partial charge in [-0.25, -0.2) is 4.79 Å². The Morgan fingerprint density at radius 3 is 2.90 bits per heavy atom. The number of benzene rings is 1. The molecule has 114 valence electrons. The molecule has 21 heavy (non-hydrogen) atoms. The molecule has 6 nitrogen and oxygen atoms in total. The Balaban J connectivity index is 1.66. The number of carbonyl (C=O) groups excluding carboxylic acids is 1. The number of carbonyl (C=O) groups is 1. The fraction of sp³-hybridized carbons (Fsp3) is 0.467. The van der Waals surface area contributed by atoms with Gasteiger partial charge in [0.2, 0.25) is 0 Å². The summed E-state index contributed by atoms with van der Waals surface area (Å²) in [5.41, 5.74) is 1.61. The number of H-pyrrole nitrogens is 1. The number of hydrogen-bond donors (Lipinski definition) is 3. The number of aromatic amines is 1. The highest BCUT2D eigenvalue weighted by atomic mass is 16.6. The smallest absolute Gasteiger partial charge is 0.407 e. The van der Waals surface area contributed by atoms with Crippen molar-refractivity contribution >= 4 is 22.7 Å². The first kappa shape index (κ1) is 15.2. The lowest BCUT2D eigenvalue weighted by Gasteiger charge is -2.19. The Morgan fingerprint density at radius 2 is 2.14 bits per heavy atom. The number of nitrogens with zero attached hydrogens (tertiary/aromatic N) is 1. The molecule has 1 amide bonds. The van der Waals surface area contributed by atoms with Gasteiger partial charge >= 0.3 is 6.09 Å². The Kier molecular flexibility index (Phi) is 4.67. The van der Waals surface area contributed by atoms with Gasteiger partial charge in [0.05, 0.1) is 11.7 Å². The van der Waals surface area contributed by atoms with Gasteiger partial charge in [-0.15, -0.1) is 0 Å². The molecule has 0 saturated carbocycles. The summed E-state index contributed by atoms with van der Waals surface area (Å²) in [4.78, 5) is 11.4. The normalized spacial score (nSPS) is 11.4. The lowest BCUT2D eigenvalue weighted by atomic mass is 10.2. The summed E-state index contributed by atoms with van der Waals surface area (Å²) >= 11 is 0. The standard InChI is InChI=1S/C15H22N4O2/c1-15(2,3)21-14(20)17-8-4-7-16-12-5-6-13-11(9-12)10-18-19-13/h5-6,9-10,16H,4,7-8H2,1-3H3,(H,17,20)(H,18,19). The molecule has 0 aliphatic heterocycles. The quantitative estimate of drug-likeness (QED) is 0.740. The van der Waals surface area contributed by atoms with Gasteiger partial charge < -0.3 is 15.4 Å². The molecule has 1 aromatic carbocycles. The predicted octanol–water partition coefficient (Wildman–Crippen LogP) is 2.89. The van der Waals surface area contributed by atoms with Crippen molar-refractivity contribution in [3.63, 3.8) is 0 Å². The number of amides is 1. The fourth-order valence-corrected chi connectivity index (χ4v) is 1.88. The van der Waals surface area contributed by atoms with Crippen LogP contribution >= 0.6 is 0 Å². The molecule has 2 aromatic rings. The van der Waals surface area contributed by atoms with Gasteiger partial charge in [-0.2, -0.15) is 5.10 Å². The lowest BCUT2D eigenvalue weighted by Crippen LogP contribution is -2.33. The summed E-state index contributed by atoms with van der Waals surface area (Å²) in [6.45, 7) is 6.90. The van der Waals surface area contributed by atoms with Crippen LogP contribution < -0.4 is 10.6 Å². The summed E-state index contributed by atoms with van der Waals surface area (Å²) in [6.07, 6.45) is 2.25. The molecule has 2 rings (SSSR count). The van der Waals surface area contributed by atoms with E-state index < -0.39 is 5.60 Å². The highest BCUT2D eigenvalue weighted by Gasteiger charge is 2.15. The third-order valence-electron chi connectivity index (χ3n) is 2.79. The topological polar surface area (TPSA) is 79.0 Å². The first-order valence-corrected chi connectivity index (χ1v) is 7.08. The van der Waals surface area contributed by atoms with Crippen LogP contribution in [0.4, 0.5) is 10.5 Å². The van der Waals surface area contributed by atoms with E-state index >= 15 is 0 Å². The Labute approximate surface area is 124 Å². The average molecular weight is 290 g/mol. The van der Waals surface area contributed by atoms with Crippen molar-refractivity contribution in [1.82, 2.24) is 15.5 Å². The van der Waals surface area contributed by atoms with Gasteiger partial charge in [-0.1, -0.05) is 0 Å². The number of aromatic nitrogens is 2. The molecular weight excluding hydrogens is 268 g/mol. The number of hydrogen-bond acceptors (Lipinski definition) is 4. The highest BCUT2D eigenvalue weighted by Crippen LogP contribution is 2.16. The van der Waals surface area contributed by atoms with E-state index in [0.717, 1.165) is 29.6 Å². The molecule has 0 saturated heterocycles. The maximum atomic E-state index is 11.4. The lowest BCUT2D eigenvalue weighted by molar-refractivity contribution is 0.0528. The van der Waals surface area contributed by atoms with Gasteiger partial charge in [-0.3, -0.25) is 5.10 Å². The van der Waals surface area contributed by atoms with Crippen LogP contribution in [-0.4, -0.2) is 35.0 Å². The van der Waals surface area contributed by atoms with E-state index in [2.05, 4.69) is 20.8 Å². The fourth-order valence-electron chi connectivity index (χ4n) is 1.88. The van der Waals surface area contributed by atoms with Gasteiger partial charge in [0.15, 0.2) is 0 Å². The minimum absolute atomic E-state index is 0.373. The van der Waals surface area contributed by atoms with E-state index in [0.29, 0.717) is 6.54 Å². The average Bonchev–Trinajstić information content (AvgIpc) is 2.83. The van der Waals surface area contributed by atoms with Crippen molar-refractivity contribution in [3.8, 4) is 0 Å². The van der Waals surface area contributed by atoms with Gasteiger partial charge in [-0.05, 0) is 45.4 Å². The summed E-state index contributed by atoms with van der Waals surface area (Å²) in [5, 5.41) is 14.0. The van der Waals surface area contributed by atoms with Crippen LogP contribution in [0.3, 0.4) is 0 Å². The van der Waals surface area contributed by atoms with Crippen molar-refractivity contribution in [3.05, 3.63) is 24.4 Å². The van der Waals surface area contributed by atoms with Crippen LogP contribution in [0.1, 0.15) is 27.2 Å². The third-order valence-corrected chi connectivity index (χ3v) is 2.79. The molecule has 1 aromatic heterocycles. The summed E-state index contributed by atoms with van der Waals surface area (Å²) in [7, 11) is 0. The van der Waals surface area contributed by atoms with E-state index in [9.17, 15) is 4.79 Å². The van der Waals surface area contributed by atoms with Gasteiger partial charge in [0, 0.05) is 24.2 Å². The zero-order valence-corrected chi connectivity index (χ0v) is 12.7. The van der Waals surface area contributed by atoms with E-state index in [-0.39, 0.29) is 6.09 Å². The minimum atomic E-state index is -0.456. The Hall–Kier alpha value is -2.24.